The van der Waals surface area contributed by atoms with E-state index in [9.17, 15) is 5.11 Å². The van der Waals surface area contributed by atoms with Crippen LogP contribution in [0.5, 0.6) is 5.75 Å². The Morgan fingerprint density at radius 1 is 1.05 bits per heavy atom. The highest BCUT2D eigenvalue weighted by atomic mass is 32.9. The molecular weight excluding hydrogens is 304 g/mol. The Kier molecular flexibility index (Phi) is 6.20. The van der Waals surface area contributed by atoms with Gasteiger partial charge < -0.3 is 5.11 Å². The van der Waals surface area contributed by atoms with Crippen LogP contribution in [0.3, 0.4) is 0 Å². The first kappa shape index (κ1) is 15.7. The van der Waals surface area contributed by atoms with Gasteiger partial charge in [-0.2, -0.15) is 0 Å². The average molecular weight is 325 g/mol. The van der Waals surface area contributed by atoms with Gasteiger partial charge >= 0.3 is 0 Å². The lowest BCUT2D eigenvalue weighted by Gasteiger charge is -2.04. The molecule has 0 amide bonds. The standard InChI is InChI=1S/C16H20OS3/c1-2-3-4-5-6-15-14(16(18)20-19-15)11-12-7-9-13(17)10-8-12/h7-10,17H,2-6,11H2,1H3. The molecule has 20 heavy (non-hydrogen) atoms. The fraction of sp³-hybridized carbons (Fsp3) is 0.438. The summed E-state index contributed by atoms with van der Waals surface area (Å²) in [4.78, 5) is 1.46. The molecule has 0 atom stereocenters. The normalized spacial score (nSPS) is 10.8. The summed E-state index contributed by atoms with van der Waals surface area (Å²) in [5.41, 5.74) is 2.55. The van der Waals surface area contributed by atoms with Gasteiger partial charge in [0, 0.05) is 11.3 Å². The second-order valence-corrected chi connectivity index (χ2v) is 7.91. The fourth-order valence-electron chi connectivity index (χ4n) is 2.20. The van der Waals surface area contributed by atoms with Crippen LogP contribution in [-0.4, -0.2) is 5.11 Å². The zero-order valence-corrected chi connectivity index (χ0v) is 14.2. The lowest BCUT2D eigenvalue weighted by Crippen LogP contribution is -1.92. The summed E-state index contributed by atoms with van der Waals surface area (Å²) in [6, 6.07) is 7.45. The highest BCUT2D eigenvalue weighted by Crippen LogP contribution is 2.29. The molecule has 0 aliphatic rings. The Hall–Kier alpha value is -0.710. The van der Waals surface area contributed by atoms with Crippen molar-refractivity contribution in [2.75, 3.05) is 0 Å². The van der Waals surface area contributed by atoms with Crippen LogP contribution in [0.1, 0.15) is 48.6 Å². The van der Waals surface area contributed by atoms with Gasteiger partial charge in [0.25, 0.3) is 0 Å². The number of unbranched alkanes of at least 4 members (excludes halogenated alkanes) is 3. The predicted molar refractivity (Wildman–Crippen MR) is 91.8 cm³/mol. The second-order valence-electron chi connectivity index (χ2n) is 5.01. The predicted octanol–water partition coefficient (Wildman–Crippen LogP) is 5.96. The van der Waals surface area contributed by atoms with Crippen LogP contribution in [0, 0.1) is 3.82 Å². The van der Waals surface area contributed by atoms with E-state index in [1.807, 2.05) is 22.5 Å². The number of phenols is 1. The highest BCUT2D eigenvalue weighted by Gasteiger charge is 2.09. The number of rotatable bonds is 7. The van der Waals surface area contributed by atoms with E-state index in [0.717, 1.165) is 16.7 Å². The van der Waals surface area contributed by atoms with Crippen molar-refractivity contribution >= 4 is 32.9 Å². The summed E-state index contributed by atoms with van der Waals surface area (Å²) < 4.78 is 1.04. The number of aromatic hydroxyl groups is 1. The second kappa shape index (κ2) is 7.91. The van der Waals surface area contributed by atoms with Crippen LogP contribution >= 0.6 is 32.9 Å². The molecule has 1 aromatic carbocycles. The maximum absolute atomic E-state index is 9.34. The molecule has 0 aliphatic heterocycles. The largest absolute Gasteiger partial charge is 0.508 e. The monoisotopic (exact) mass is 324 g/mol. The molecule has 108 valence electrons. The van der Waals surface area contributed by atoms with Crippen molar-refractivity contribution in [3.8, 4) is 5.75 Å². The van der Waals surface area contributed by atoms with Gasteiger partial charge in [0.2, 0.25) is 0 Å². The van der Waals surface area contributed by atoms with Crippen molar-refractivity contribution < 1.29 is 5.11 Å². The molecule has 4 heteroatoms. The minimum absolute atomic E-state index is 0.320. The van der Waals surface area contributed by atoms with Crippen LogP contribution in [0.15, 0.2) is 24.3 Å². The van der Waals surface area contributed by atoms with Crippen LogP contribution in [0.25, 0.3) is 0 Å². The van der Waals surface area contributed by atoms with Gasteiger partial charge in [0.15, 0.2) is 0 Å². The van der Waals surface area contributed by atoms with Gasteiger partial charge in [0.1, 0.15) is 9.57 Å². The number of hydrogen-bond acceptors (Lipinski definition) is 4. The number of benzene rings is 1. The van der Waals surface area contributed by atoms with Gasteiger partial charge in [-0.25, -0.2) is 0 Å². The Balaban J connectivity index is 2.05. The molecule has 1 N–H and O–H groups in total. The molecule has 0 unspecified atom stereocenters. The average Bonchev–Trinajstić information content (AvgIpc) is 2.79. The molecule has 1 nitrogen and oxygen atoms in total. The van der Waals surface area contributed by atoms with Crippen LogP contribution < -0.4 is 0 Å². The quantitative estimate of drug-likeness (QED) is 0.385. The molecule has 1 heterocycles. The zero-order chi connectivity index (χ0) is 14.4. The molecule has 1 aromatic heterocycles. The third-order valence-electron chi connectivity index (χ3n) is 3.38. The summed E-state index contributed by atoms with van der Waals surface area (Å²) >= 11 is 5.48. The number of aryl methyl sites for hydroxylation is 1. The number of hydrogen-bond donors (Lipinski definition) is 1. The summed E-state index contributed by atoms with van der Waals surface area (Å²) in [6.45, 7) is 2.24. The van der Waals surface area contributed by atoms with Crippen molar-refractivity contribution in [3.05, 3.63) is 44.1 Å². The van der Waals surface area contributed by atoms with Gasteiger partial charge in [-0.05, 0) is 36.1 Å². The van der Waals surface area contributed by atoms with E-state index in [-0.39, 0.29) is 0 Å². The highest BCUT2D eigenvalue weighted by molar-refractivity contribution is 7.79. The molecule has 0 saturated heterocycles. The lowest BCUT2D eigenvalue weighted by atomic mass is 10.0. The molecular formula is C16H20OS3. The summed E-state index contributed by atoms with van der Waals surface area (Å²) in [6.07, 6.45) is 7.22. The van der Waals surface area contributed by atoms with Gasteiger partial charge in [-0.1, -0.05) is 71.2 Å². The first-order valence-electron chi connectivity index (χ1n) is 7.09. The molecule has 0 fully saturated rings. The minimum Gasteiger partial charge on any atom is -0.508 e. The van der Waals surface area contributed by atoms with E-state index in [2.05, 4.69) is 6.92 Å². The van der Waals surface area contributed by atoms with E-state index in [0.29, 0.717) is 5.75 Å². The third-order valence-corrected chi connectivity index (χ3v) is 6.67. The van der Waals surface area contributed by atoms with Gasteiger partial charge in [-0.15, -0.1) is 0 Å². The fourth-order valence-corrected chi connectivity index (χ4v) is 5.18. The topological polar surface area (TPSA) is 20.2 Å². The van der Waals surface area contributed by atoms with Crippen molar-refractivity contribution in [2.45, 2.75) is 45.4 Å². The molecule has 0 radical (unpaired) electrons. The third kappa shape index (κ3) is 4.40. The maximum Gasteiger partial charge on any atom is 0.115 e. The first-order chi connectivity index (χ1) is 9.70. The van der Waals surface area contributed by atoms with Crippen LogP contribution in [-0.2, 0) is 12.8 Å². The molecule has 0 saturated carbocycles. The van der Waals surface area contributed by atoms with E-state index < -0.39 is 0 Å². The first-order valence-corrected chi connectivity index (χ1v) is 9.65. The van der Waals surface area contributed by atoms with E-state index in [1.165, 1.54) is 41.7 Å². The lowest BCUT2D eigenvalue weighted by molar-refractivity contribution is 0.475. The van der Waals surface area contributed by atoms with Crippen molar-refractivity contribution in [2.24, 2.45) is 0 Å². The van der Waals surface area contributed by atoms with E-state index >= 15 is 0 Å². The summed E-state index contributed by atoms with van der Waals surface area (Å²) in [5, 5.41) is 9.34. The zero-order valence-electron chi connectivity index (χ0n) is 11.7. The van der Waals surface area contributed by atoms with Crippen molar-refractivity contribution in [3.63, 3.8) is 0 Å². The van der Waals surface area contributed by atoms with Crippen molar-refractivity contribution in [1.29, 1.82) is 0 Å². The smallest absolute Gasteiger partial charge is 0.115 e. The Bertz CT molecular complexity index is 581. The van der Waals surface area contributed by atoms with Crippen LogP contribution in [0.2, 0.25) is 0 Å². The molecule has 0 bridgehead atoms. The maximum atomic E-state index is 9.34. The van der Waals surface area contributed by atoms with Gasteiger partial charge in [0.05, 0.1) is 0 Å². The van der Waals surface area contributed by atoms with E-state index in [4.69, 9.17) is 12.2 Å². The Morgan fingerprint density at radius 2 is 1.80 bits per heavy atom. The molecule has 2 aromatic rings. The Morgan fingerprint density at radius 3 is 2.50 bits per heavy atom. The SMILES string of the molecule is CCCCCCc1ssc(=S)c1Cc1ccc(O)cc1. The van der Waals surface area contributed by atoms with Gasteiger partial charge in [-0.3, -0.25) is 0 Å². The van der Waals surface area contributed by atoms with E-state index in [1.54, 1.807) is 22.5 Å². The Labute approximate surface area is 133 Å². The summed E-state index contributed by atoms with van der Waals surface area (Å²) in [7, 11) is 3.57. The summed E-state index contributed by atoms with van der Waals surface area (Å²) in [5.74, 6) is 0.320. The number of phenolic OH excluding ortho intramolecular Hbond substituents is 1. The molecule has 0 aliphatic carbocycles. The van der Waals surface area contributed by atoms with Crippen molar-refractivity contribution in [1.82, 2.24) is 0 Å². The van der Waals surface area contributed by atoms with Crippen LogP contribution in [0.4, 0.5) is 0 Å². The molecule has 0 spiro atoms. The minimum atomic E-state index is 0.320. The molecule has 2 rings (SSSR count).